The van der Waals surface area contributed by atoms with Gasteiger partial charge in [-0.2, -0.15) is 0 Å². The molecule has 0 bridgehead atoms. The Bertz CT molecular complexity index is 632. The highest BCUT2D eigenvalue weighted by atomic mass is 16.5. The summed E-state index contributed by atoms with van der Waals surface area (Å²) < 4.78 is 10.8. The molecule has 3 N–H and O–H groups in total. The van der Waals surface area contributed by atoms with Gasteiger partial charge in [-0.25, -0.2) is 4.79 Å². The lowest BCUT2D eigenvalue weighted by atomic mass is 10.1. The van der Waals surface area contributed by atoms with E-state index in [9.17, 15) is 4.79 Å². The van der Waals surface area contributed by atoms with Gasteiger partial charge in [0, 0.05) is 23.0 Å². The third-order valence-corrected chi connectivity index (χ3v) is 3.14. The predicted molar refractivity (Wildman–Crippen MR) is 82.5 cm³/mol. The summed E-state index contributed by atoms with van der Waals surface area (Å²) in [4.78, 5) is 15.0. The van der Waals surface area contributed by atoms with Crippen molar-refractivity contribution in [3.8, 4) is 5.75 Å². The number of fused-ring (bicyclic) bond motifs is 1. The van der Waals surface area contributed by atoms with E-state index in [1.165, 1.54) is 0 Å². The average molecular weight is 290 g/mol. The molecule has 0 radical (unpaired) electrons. The Kier molecular flexibility index (Phi) is 4.85. The van der Waals surface area contributed by atoms with Gasteiger partial charge >= 0.3 is 5.97 Å². The molecule has 0 unspecified atom stereocenters. The number of rotatable bonds is 6. The van der Waals surface area contributed by atoms with Crippen molar-refractivity contribution in [3.05, 3.63) is 29.5 Å². The highest BCUT2D eigenvalue weighted by Crippen LogP contribution is 2.27. The molecule has 1 aromatic heterocycles. The number of nitrogens with one attached hydrogen (secondary N) is 1. The van der Waals surface area contributed by atoms with Crippen LogP contribution in [0.2, 0.25) is 0 Å². The van der Waals surface area contributed by atoms with E-state index >= 15 is 0 Å². The second-order valence-electron chi connectivity index (χ2n) is 5.32. The van der Waals surface area contributed by atoms with Gasteiger partial charge in [0.25, 0.3) is 0 Å². The zero-order valence-corrected chi connectivity index (χ0v) is 12.7. The Morgan fingerprint density at radius 1 is 1.38 bits per heavy atom. The molecule has 2 rings (SSSR count). The summed E-state index contributed by atoms with van der Waals surface area (Å²) >= 11 is 0. The molecule has 1 aromatic carbocycles. The fourth-order valence-electron chi connectivity index (χ4n) is 2.17. The van der Waals surface area contributed by atoms with Gasteiger partial charge in [0.1, 0.15) is 11.4 Å². The van der Waals surface area contributed by atoms with Gasteiger partial charge in [-0.1, -0.05) is 13.8 Å². The minimum absolute atomic E-state index is 0.266. The summed E-state index contributed by atoms with van der Waals surface area (Å²) in [6.45, 7) is 7.22. The van der Waals surface area contributed by atoms with Gasteiger partial charge in [-0.3, -0.25) is 0 Å². The van der Waals surface area contributed by atoms with Crippen molar-refractivity contribution in [1.29, 1.82) is 0 Å². The van der Waals surface area contributed by atoms with Gasteiger partial charge in [0.2, 0.25) is 0 Å². The number of nitrogens with two attached hydrogens (primary N) is 1. The second-order valence-corrected chi connectivity index (χ2v) is 5.32. The lowest BCUT2D eigenvalue weighted by Gasteiger charge is -2.08. The number of hydrogen-bond donors (Lipinski definition) is 2. The van der Waals surface area contributed by atoms with Crippen LogP contribution in [0.1, 0.15) is 36.8 Å². The molecule has 5 heteroatoms. The van der Waals surface area contributed by atoms with Crippen molar-refractivity contribution in [2.24, 2.45) is 11.7 Å². The molecule has 0 saturated heterocycles. The Hall–Kier alpha value is -2.01. The summed E-state index contributed by atoms with van der Waals surface area (Å²) in [5, 5.41) is 0.904. The van der Waals surface area contributed by atoms with Crippen LogP contribution in [0.3, 0.4) is 0 Å². The molecule has 0 saturated carbocycles. The summed E-state index contributed by atoms with van der Waals surface area (Å²) in [7, 11) is 0. The number of H-pyrrole nitrogens is 1. The van der Waals surface area contributed by atoms with Gasteiger partial charge in [-0.05, 0) is 31.0 Å². The van der Waals surface area contributed by atoms with E-state index in [4.69, 9.17) is 15.2 Å². The standard InChI is InChI=1S/C16H22N2O3/c1-4-20-16(19)15-13(8-17)12-7-11(21-9-10(2)3)5-6-14(12)18-15/h5-7,10,18H,4,8-9,17H2,1-3H3. The number of benzene rings is 1. The number of carbonyl (C=O) groups is 1. The van der Waals surface area contributed by atoms with Crippen molar-refractivity contribution >= 4 is 16.9 Å². The van der Waals surface area contributed by atoms with E-state index in [1.54, 1.807) is 6.92 Å². The van der Waals surface area contributed by atoms with Crippen molar-refractivity contribution in [3.63, 3.8) is 0 Å². The highest BCUT2D eigenvalue weighted by Gasteiger charge is 2.18. The number of ether oxygens (including phenoxy) is 2. The molecule has 0 aliphatic rings. The first-order chi connectivity index (χ1) is 10.1. The van der Waals surface area contributed by atoms with Crippen molar-refractivity contribution in [2.45, 2.75) is 27.3 Å². The van der Waals surface area contributed by atoms with Crippen LogP contribution >= 0.6 is 0 Å². The normalized spacial score (nSPS) is 11.1. The SMILES string of the molecule is CCOC(=O)c1[nH]c2ccc(OCC(C)C)cc2c1CN. The maximum atomic E-state index is 12.0. The number of carbonyl (C=O) groups excluding carboxylic acids is 1. The lowest BCUT2D eigenvalue weighted by Crippen LogP contribution is -2.10. The average Bonchev–Trinajstić information content (AvgIpc) is 2.83. The number of aromatic nitrogens is 1. The Balaban J connectivity index is 2.39. The Morgan fingerprint density at radius 2 is 2.14 bits per heavy atom. The summed E-state index contributed by atoms with van der Waals surface area (Å²) in [5.41, 5.74) is 7.84. The molecule has 0 atom stereocenters. The zero-order valence-electron chi connectivity index (χ0n) is 12.7. The fourth-order valence-corrected chi connectivity index (χ4v) is 2.17. The summed E-state index contributed by atoms with van der Waals surface area (Å²) in [5.74, 6) is 0.857. The van der Waals surface area contributed by atoms with E-state index in [0.717, 1.165) is 22.2 Å². The quantitative estimate of drug-likeness (QED) is 0.802. The van der Waals surface area contributed by atoms with Crippen LogP contribution in [-0.4, -0.2) is 24.2 Å². The first-order valence-electron chi connectivity index (χ1n) is 7.21. The van der Waals surface area contributed by atoms with Gasteiger partial charge in [0.05, 0.1) is 13.2 Å². The van der Waals surface area contributed by atoms with E-state index in [1.807, 2.05) is 18.2 Å². The zero-order chi connectivity index (χ0) is 15.4. The molecule has 0 amide bonds. The van der Waals surface area contributed by atoms with E-state index in [-0.39, 0.29) is 12.5 Å². The number of esters is 1. The highest BCUT2D eigenvalue weighted by molar-refractivity contribution is 5.98. The molecular weight excluding hydrogens is 268 g/mol. The van der Waals surface area contributed by atoms with Crippen LogP contribution < -0.4 is 10.5 Å². The van der Waals surface area contributed by atoms with Crippen LogP contribution in [-0.2, 0) is 11.3 Å². The summed E-state index contributed by atoms with van der Waals surface area (Å²) in [6, 6.07) is 5.70. The smallest absolute Gasteiger partial charge is 0.355 e. The number of hydrogen-bond acceptors (Lipinski definition) is 4. The fraction of sp³-hybridized carbons (Fsp3) is 0.438. The molecule has 0 aliphatic heterocycles. The number of aromatic amines is 1. The van der Waals surface area contributed by atoms with Crippen LogP contribution in [0.15, 0.2) is 18.2 Å². The van der Waals surface area contributed by atoms with Crippen molar-refractivity contribution in [2.75, 3.05) is 13.2 Å². The van der Waals surface area contributed by atoms with Gasteiger partial charge < -0.3 is 20.2 Å². The second kappa shape index (κ2) is 6.63. The minimum atomic E-state index is -0.376. The van der Waals surface area contributed by atoms with Crippen LogP contribution in [0.5, 0.6) is 5.75 Å². The molecule has 0 spiro atoms. The molecule has 1 heterocycles. The largest absolute Gasteiger partial charge is 0.493 e. The molecule has 0 fully saturated rings. The van der Waals surface area contributed by atoms with Crippen LogP contribution in [0.25, 0.3) is 10.9 Å². The molecule has 0 aliphatic carbocycles. The third kappa shape index (κ3) is 3.36. The predicted octanol–water partition coefficient (Wildman–Crippen LogP) is 2.84. The van der Waals surface area contributed by atoms with Gasteiger partial charge in [-0.15, -0.1) is 0 Å². The first kappa shape index (κ1) is 15.4. The molecule has 5 nitrogen and oxygen atoms in total. The third-order valence-electron chi connectivity index (χ3n) is 3.14. The van der Waals surface area contributed by atoms with Crippen molar-refractivity contribution < 1.29 is 14.3 Å². The Labute approximate surface area is 124 Å². The van der Waals surface area contributed by atoms with Crippen molar-refractivity contribution in [1.82, 2.24) is 4.98 Å². The van der Waals surface area contributed by atoms with E-state index < -0.39 is 0 Å². The molecule has 21 heavy (non-hydrogen) atoms. The first-order valence-corrected chi connectivity index (χ1v) is 7.21. The Morgan fingerprint density at radius 3 is 2.76 bits per heavy atom. The maximum Gasteiger partial charge on any atom is 0.355 e. The van der Waals surface area contributed by atoms with E-state index in [0.29, 0.717) is 24.8 Å². The summed E-state index contributed by atoms with van der Waals surface area (Å²) in [6.07, 6.45) is 0. The monoisotopic (exact) mass is 290 g/mol. The van der Waals surface area contributed by atoms with Crippen LogP contribution in [0.4, 0.5) is 0 Å². The maximum absolute atomic E-state index is 12.0. The molecular formula is C16H22N2O3. The van der Waals surface area contributed by atoms with E-state index in [2.05, 4.69) is 18.8 Å². The topological polar surface area (TPSA) is 77.3 Å². The molecule has 114 valence electrons. The van der Waals surface area contributed by atoms with Crippen LogP contribution in [0, 0.1) is 5.92 Å². The minimum Gasteiger partial charge on any atom is -0.493 e. The van der Waals surface area contributed by atoms with Gasteiger partial charge in [0.15, 0.2) is 0 Å². The molecule has 2 aromatic rings. The lowest BCUT2D eigenvalue weighted by molar-refractivity contribution is 0.0519.